The number of esters is 1. The van der Waals surface area contributed by atoms with Crippen LogP contribution in [0.2, 0.25) is 0 Å². The summed E-state index contributed by atoms with van der Waals surface area (Å²) in [6.45, 7) is 6.49. The number of carbonyl (C=O) groups is 1. The van der Waals surface area contributed by atoms with Crippen molar-refractivity contribution in [1.82, 2.24) is 0 Å². The molecule has 0 amide bonds. The maximum absolute atomic E-state index is 14.1. The van der Waals surface area contributed by atoms with Crippen LogP contribution in [0.4, 0.5) is 13.2 Å². The maximum Gasteiger partial charge on any atom is 0.310 e. The van der Waals surface area contributed by atoms with Crippen LogP contribution in [-0.2, 0) is 16.1 Å². The van der Waals surface area contributed by atoms with E-state index in [0.29, 0.717) is 0 Å². The van der Waals surface area contributed by atoms with Gasteiger partial charge in [0.2, 0.25) is 5.82 Å². The Bertz CT molecular complexity index is 666. The molecule has 2 atom stereocenters. The third kappa shape index (κ3) is 2.89. The Hall–Kier alpha value is -1.98. The number of benzene rings is 1. The lowest BCUT2D eigenvalue weighted by atomic mass is 10.1. The molecular formula is C18H21F3O3. The summed E-state index contributed by atoms with van der Waals surface area (Å²) < 4.78 is 51.5. The lowest BCUT2D eigenvalue weighted by Gasteiger charge is -2.13. The zero-order chi connectivity index (χ0) is 18.2. The van der Waals surface area contributed by atoms with Gasteiger partial charge in [0.05, 0.1) is 13.0 Å². The number of carbonyl (C=O) groups excluding carboxylic acids is 1. The summed E-state index contributed by atoms with van der Waals surface area (Å²) >= 11 is 0. The van der Waals surface area contributed by atoms with E-state index in [9.17, 15) is 18.0 Å². The summed E-state index contributed by atoms with van der Waals surface area (Å²) in [5.41, 5.74) is -0.702. The van der Waals surface area contributed by atoms with E-state index >= 15 is 0 Å². The summed E-state index contributed by atoms with van der Waals surface area (Å²) in [4.78, 5) is 12.2. The average Bonchev–Trinajstić information content (AvgIpc) is 3.07. The minimum absolute atomic E-state index is 0.0466. The standard InChI is InChI=1S/C18H21F3O3/c1-6-7-11-12(18(11,3)4)17(22)24-8-10-9(2)13(19)16(23-5)15(21)14(10)20/h6-7,11-12H,8H2,1-5H3/t11-,12+/m1/s1. The van der Waals surface area contributed by atoms with Gasteiger partial charge in [-0.15, -0.1) is 0 Å². The van der Waals surface area contributed by atoms with Crippen LogP contribution in [0.15, 0.2) is 12.2 Å². The second-order valence-corrected chi connectivity index (χ2v) is 6.54. The van der Waals surface area contributed by atoms with E-state index in [4.69, 9.17) is 4.74 Å². The van der Waals surface area contributed by atoms with Crippen molar-refractivity contribution < 1.29 is 27.4 Å². The van der Waals surface area contributed by atoms with Gasteiger partial charge in [0.1, 0.15) is 6.61 Å². The molecule has 0 bridgehead atoms. The van der Waals surface area contributed by atoms with Gasteiger partial charge in [0, 0.05) is 5.56 Å². The lowest BCUT2D eigenvalue weighted by Crippen LogP contribution is -2.13. The smallest absolute Gasteiger partial charge is 0.310 e. The Morgan fingerprint density at radius 1 is 1.21 bits per heavy atom. The summed E-state index contributed by atoms with van der Waals surface area (Å²) in [6.07, 6.45) is 3.78. The number of allylic oxidation sites excluding steroid dienone is 2. The summed E-state index contributed by atoms with van der Waals surface area (Å²) in [5.74, 6) is -5.27. The normalized spacial score (nSPS) is 21.8. The van der Waals surface area contributed by atoms with Gasteiger partial charge >= 0.3 is 5.97 Å². The second kappa shape index (κ2) is 6.49. The SMILES string of the molecule is CC=C[C@@H]1[C@@H](C(=O)OCc2c(C)c(F)c(OC)c(F)c2F)C1(C)C. The molecule has 1 fully saturated rings. The number of ether oxygens (including phenoxy) is 2. The molecule has 1 saturated carbocycles. The minimum Gasteiger partial charge on any atom is -0.491 e. The van der Waals surface area contributed by atoms with Gasteiger partial charge in [-0.05, 0) is 30.7 Å². The number of halogens is 3. The van der Waals surface area contributed by atoms with Crippen molar-refractivity contribution in [2.45, 2.75) is 34.3 Å². The highest BCUT2D eigenvalue weighted by Crippen LogP contribution is 2.59. The molecule has 0 aromatic heterocycles. The number of hydrogen-bond donors (Lipinski definition) is 0. The number of rotatable bonds is 5. The van der Waals surface area contributed by atoms with Crippen LogP contribution in [0.1, 0.15) is 31.9 Å². The molecule has 1 aromatic rings. The predicted molar refractivity (Wildman–Crippen MR) is 83.0 cm³/mol. The molecule has 0 saturated heterocycles. The van der Waals surface area contributed by atoms with Gasteiger partial charge in [0.25, 0.3) is 0 Å². The molecule has 2 rings (SSSR count). The zero-order valence-electron chi connectivity index (χ0n) is 14.4. The van der Waals surface area contributed by atoms with Crippen molar-refractivity contribution in [2.24, 2.45) is 17.3 Å². The minimum atomic E-state index is -1.43. The molecule has 0 unspecified atom stereocenters. The third-order valence-corrected chi connectivity index (χ3v) is 4.77. The highest BCUT2D eigenvalue weighted by molar-refractivity contribution is 5.78. The fraction of sp³-hybridized carbons (Fsp3) is 0.500. The van der Waals surface area contributed by atoms with E-state index in [1.54, 1.807) is 0 Å². The molecule has 1 aliphatic carbocycles. The summed E-state index contributed by atoms with van der Waals surface area (Å²) in [5, 5.41) is 0. The number of methoxy groups -OCH3 is 1. The van der Waals surface area contributed by atoms with Crippen LogP contribution in [0.25, 0.3) is 0 Å². The van der Waals surface area contributed by atoms with E-state index in [-0.39, 0.29) is 28.4 Å². The van der Waals surface area contributed by atoms with Gasteiger partial charge in [-0.3, -0.25) is 4.79 Å². The Balaban J connectivity index is 2.18. The van der Waals surface area contributed by atoms with Crippen LogP contribution in [0, 0.1) is 41.6 Å². The third-order valence-electron chi connectivity index (χ3n) is 4.77. The largest absolute Gasteiger partial charge is 0.491 e. The van der Waals surface area contributed by atoms with Gasteiger partial charge in [-0.1, -0.05) is 26.0 Å². The van der Waals surface area contributed by atoms with Crippen molar-refractivity contribution >= 4 is 5.97 Å². The maximum atomic E-state index is 14.1. The first-order chi connectivity index (χ1) is 11.2. The monoisotopic (exact) mass is 342 g/mol. The van der Waals surface area contributed by atoms with Crippen molar-refractivity contribution in [1.29, 1.82) is 0 Å². The van der Waals surface area contributed by atoms with E-state index in [1.807, 2.05) is 32.9 Å². The summed E-state index contributed by atoms with van der Waals surface area (Å²) in [6, 6.07) is 0. The van der Waals surface area contributed by atoms with Crippen LogP contribution in [-0.4, -0.2) is 13.1 Å². The van der Waals surface area contributed by atoms with Gasteiger partial charge in [-0.25, -0.2) is 8.78 Å². The lowest BCUT2D eigenvalue weighted by molar-refractivity contribution is -0.147. The average molecular weight is 342 g/mol. The first kappa shape index (κ1) is 18.4. The van der Waals surface area contributed by atoms with Crippen molar-refractivity contribution in [2.75, 3.05) is 7.11 Å². The molecule has 132 valence electrons. The fourth-order valence-electron chi connectivity index (χ4n) is 3.07. The molecule has 0 heterocycles. The Labute approximate surface area is 139 Å². The Morgan fingerprint density at radius 3 is 2.38 bits per heavy atom. The molecule has 1 aromatic carbocycles. The van der Waals surface area contributed by atoms with Gasteiger partial charge < -0.3 is 9.47 Å². The second-order valence-electron chi connectivity index (χ2n) is 6.54. The molecule has 0 N–H and O–H groups in total. The van der Waals surface area contributed by atoms with Crippen LogP contribution < -0.4 is 4.74 Å². The molecule has 24 heavy (non-hydrogen) atoms. The molecule has 0 radical (unpaired) electrons. The highest BCUT2D eigenvalue weighted by atomic mass is 19.2. The van der Waals surface area contributed by atoms with Crippen LogP contribution in [0.3, 0.4) is 0 Å². The van der Waals surface area contributed by atoms with Gasteiger partial charge in [-0.2, -0.15) is 4.39 Å². The zero-order valence-corrected chi connectivity index (χ0v) is 14.4. The van der Waals surface area contributed by atoms with E-state index in [0.717, 1.165) is 7.11 Å². The van der Waals surface area contributed by atoms with E-state index < -0.39 is 35.8 Å². The van der Waals surface area contributed by atoms with Crippen LogP contribution >= 0.6 is 0 Å². The highest BCUT2D eigenvalue weighted by Gasteiger charge is 2.61. The molecule has 0 spiro atoms. The molecular weight excluding hydrogens is 321 g/mol. The first-order valence-corrected chi connectivity index (χ1v) is 7.67. The molecule has 6 heteroatoms. The van der Waals surface area contributed by atoms with Gasteiger partial charge in [0.15, 0.2) is 17.4 Å². The van der Waals surface area contributed by atoms with Crippen molar-refractivity contribution in [3.8, 4) is 5.75 Å². The predicted octanol–water partition coefficient (Wildman–Crippen LogP) is 4.31. The van der Waals surface area contributed by atoms with E-state index in [1.165, 1.54) is 6.92 Å². The van der Waals surface area contributed by atoms with E-state index in [2.05, 4.69) is 4.74 Å². The van der Waals surface area contributed by atoms with Crippen molar-refractivity contribution in [3.63, 3.8) is 0 Å². The first-order valence-electron chi connectivity index (χ1n) is 7.67. The Kier molecular flexibility index (Phi) is 4.97. The molecule has 1 aliphatic rings. The quantitative estimate of drug-likeness (QED) is 0.454. The number of hydrogen-bond acceptors (Lipinski definition) is 3. The van der Waals surface area contributed by atoms with Crippen molar-refractivity contribution in [3.05, 3.63) is 40.7 Å². The Morgan fingerprint density at radius 2 is 1.83 bits per heavy atom. The topological polar surface area (TPSA) is 35.5 Å². The summed E-state index contributed by atoms with van der Waals surface area (Å²) in [7, 11) is 1.05. The fourth-order valence-corrected chi connectivity index (χ4v) is 3.07. The molecule has 0 aliphatic heterocycles. The molecule has 3 nitrogen and oxygen atoms in total. The van der Waals surface area contributed by atoms with Crippen LogP contribution in [0.5, 0.6) is 5.75 Å².